The Hall–Kier alpha value is 0.310. The van der Waals surface area contributed by atoms with Crippen molar-refractivity contribution in [2.75, 3.05) is 0 Å². The minimum absolute atomic E-state index is 0.697. The Bertz CT molecular complexity index is 174. The van der Waals surface area contributed by atoms with Gasteiger partial charge < -0.3 is 5.11 Å². The molecule has 2 heteroatoms. The van der Waals surface area contributed by atoms with Gasteiger partial charge in [-0.3, -0.25) is 0 Å². The highest BCUT2D eigenvalue weighted by Crippen LogP contribution is 2.26. The molecule has 1 N–H and O–H groups in total. The van der Waals surface area contributed by atoms with Gasteiger partial charge in [0.05, 0.1) is 0 Å². The first-order chi connectivity index (χ1) is 8.71. The van der Waals surface area contributed by atoms with E-state index < -0.39 is 4.93 Å². The number of rotatable bonds is 0. The Balaban J connectivity index is 2.20. The number of aliphatic hydroxyl groups is 1. The van der Waals surface area contributed by atoms with Gasteiger partial charge >= 0.3 is 0 Å². The van der Waals surface area contributed by atoms with Gasteiger partial charge in [-0.05, 0) is 25.7 Å². The Labute approximate surface area is 119 Å². The molecule has 0 aliphatic heterocycles. The molecule has 0 radical (unpaired) electrons. The van der Waals surface area contributed by atoms with E-state index in [1.807, 2.05) is 0 Å². The van der Waals surface area contributed by atoms with Crippen molar-refractivity contribution < 1.29 is 5.11 Å². The minimum atomic E-state index is -0.697. The van der Waals surface area contributed by atoms with Crippen molar-refractivity contribution in [2.45, 2.75) is 101 Å². The summed E-state index contributed by atoms with van der Waals surface area (Å²) in [5, 5.41) is 10.1. The zero-order valence-electron chi connectivity index (χ0n) is 12.0. The van der Waals surface area contributed by atoms with Crippen LogP contribution < -0.4 is 0 Å². The smallest absolute Gasteiger partial charge is 0.107 e. The van der Waals surface area contributed by atoms with Gasteiger partial charge in [0, 0.05) is 0 Å². The first-order valence-electron chi connectivity index (χ1n) is 8.15. The molecule has 0 amide bonds. The van der Waals surface area contributed by atoms with Crippen LogP contribution >= 0.6 is 12.6 Å². The number of thiol groups is 1. The third kappa shape index (κ3) is 9.27. The van der Waals surface area contributed by atoms with Gasteiger partial charge in [-0.25, -0.2) is 0 Å². The standard InChI is InChI=1S/C16H32OS/c17-16(18)14-12-10-8-6-4-2-1-3-5-7-9-11-13-15-16/h17-18H,1-15H2. The van der Waals surface area contributed by atoms with E-state index in [1.165, 1.54) is 70.6 Å². The lowest BCUT2D eigenvalue weighted by atomic mass is 9.99. The summed E-state index contributed by atoms with van der Waals surface area (Å²) in [5.41, 5.74) is 0. The zero-order valence-corrected chi connectivity index (χ0v) is 12.9. The lowest BCUT2D eigenvalue weighted by molar-refractivity contribution is 0.113. The Morgan fingerprint density at radius 1 is 0.500 bits per heavy atom. The molecule has 18 heavy (non-hydrogen) atoms. The highest BCUT2D eigenvalue weighted by atomic mass is 32.1. The molecule has 0 saturated heterocycles. The van der Waals surface area contributed by atoms with Crippen LogP contribution in [0.1, 0.15) is 96.3 Å². The Morgan fingerprint density at radius 3 is 1.00 bits per heavy atom. The summed E-state index contributed by atoms with van der Waals surface area (Å²) in [6.07, 6.45) is 19.1. The fourth-order valence-corrected chi connectivity index (χ4v) is 3.20. The molecule has 0 aromatic heterocycles. The largest absolute Gasteiger partial charge is 0.380 e. The molecule has 1 rings (SSSR count). The second kappa shape index (κ2) is 10.1. The second-order valence-electron chi connectivity index (χ2n) is 6.08. The predicted octanol–water partition coefficient (Wildman–Crippen LogP) is 5.47. The topological polar surface area (TPSA) is 20.2 Å². The molecule has 0 unspecified atom stereocenters. The fourth-order valence-electron chi connectivity index (χ4n) is 2.89. The quantitative estimate of drug-likeness (QED) is 0.442. The van der Waals surface area contributed by atoms with Crippen molar-refractivity contribution in [3.63, 3.8) is 0 Å². The van der Waals surface area contributed by atoms with Crippen LogP contribution in [-0.2, 0) is 0 Å². The average Bonchev–Trinajstić information content (AvgIpc) is 2.32. The third-order valence-corrected chi connectivity index (χ3v) is 4.60. The number of hydrogen-bond acceptors (Lipinski definition) is 2. The second-order valence-corrected chi connectivity index (χ2v) is 6.91. The molecular formula is C16H32OS. The molecule has 1 saturated carbocycles. The van der Waals surface area contributed by atoms with Gasteiger partial charge in [-0.1, -0.05) is 70.6 Å². The van der Waals surface area contributed by atoms with E-state index in [2.05, 4.69) is 12.6 Å². The molecule has 1 aliphatic rings. The monoisotopic (exact) mass is 272 g/mol. The molecule has 0 aromatic carbocycles. The molecule has 0 atom stereocenters. The van der Waals surface area contributed by atoms with Crippen LogP contribution in [0.15, 0.2) is 0 Å². The highest BCUT2D eigenvalue weighted by molar-refractivity contribution is 7.81. The highest BCUT2D eigenvalue weighted by Gasteiger charge is 2.19. The van der Waals surface area contributed by atoms with Gasteiger partial charge in [0.15, 0.2) is 0 Å². The summed E-state index contributed by atoms with van der Waals surface area (Å²) < 4.78 is 0. The average molecular weight is 272 g/mol. The summed E-state index contributed by atoms with van der Waals surface area (Å²) in [4.78, 5) is -0.697. The van der Waals surface area contributed by atoms with E-state index in [1.54, 1.807) is 0 Å². The van der Waals surface area contributed by atoms with Gasteiger partial charge in [-0.2, -0.15) is 0 Å². The number of hydrogen-bond donors (Lipinski definition) is 2. The van der Waals surface area contributed by atoms with Crippen LogP contribution in [0.5, 0.6) is 0 Å². The van der Waals surface area contributed by atoms with E-state index in [0.717, 1.165) is 25.7 Å². The lowest BCUT2D eigenvalue weighted by Gasteiger charge is -2.22. The first-order valence-corrected chi connectivity index (χ1v) is 8.60. The summed E-state index contributed by atoms with van der Waals surface area (Å²) in [5.74, 6) is 0. The normalized spacial score (nSPS) is 25.7. The molecule has 0 aromatic rings. The third-order valence-electron chi connectivity index (χ3n) is 4.15. The molecule has 0 heterocycles. The molecule has 108 valence electrons. The molecule has 0 spiro atoms. The van der Waals surface area contributed by atoms with Crippen LogP contribution in [0.2, 0.25) is 0 Å². The van der Waals surface area contributed by atoms with E-state index in [-0.39, 0.29) is 0 Å². The molecule has 1 nitrogen and oxygen atoms in total. The lowest BCUT2D eigenvalue weighted by Crippen LogP contribution is -2.20. The summed E-state index contributed by atoms with van der Waals surface area (Å²) >= 11 is 4.42. The van der Waals surface area contributed by atoms with Crippen molar-refractivity contribution >= 4 is 12.6 Å². The molecule has 1 fully saturated rings. The predicted molar refractivity (Wildman–Crippen MR) is 83.2 cm³/mol. The van der Waals surface area contributed by atoms with Gasteiger partial charge in [0.1, 0.15) is 4.93 Å². The first kappa shape index (κ1) is 16.4. The zero-order chi connectivity index (χ0) is 13.1. The van der Waals surface area contributed by atoms with Gasteiger partial charge in [0.2, 0.25) is 0 Å². The SMILES string of the molecule is OC1(S)CCCCCCCCCCCCCCC1. The maximum atomic E-state index is 10.1. The van der Waals surface area contributed by atoms with E-state index in [4.69, 9.17) is 0 Å². The minimum Gasteiger partial charge on any atom is -0.380 e. The van der Waals surface area contributed by atoms with E-state index in [0.29, 0.717) is 0 Å². The van der Waals surface area contributed by atoms with Crippen molar-refractivity contribution in [3.8, 4) is 0 Å². The van der Waals surface area contributed by atoms with Gasteiger partial charge in [0.25, 0.3) is 0 Å². The van der Waals surface area contributed by atoms with Crippen LogP contribution in [0.4, 0.5) is 0 Å². The molecule has 0 bridgehead atoms. The summed E-state index contributed by atoms with van der Waals surface area (Å²) in [7, 11) is 0. The van der Waals surface area contributed by atoms with Crippen molar-refractivity contribution in [2.24, 2.45) is 0 Å². The van der Waals surface area contributed by atoms with Crippen LogP contribution in [0.3, 0.4) is 0 Å². The van der Waals surface area contributed by atoms with Gasteiger partial charge in [-0.15, -0.1) is 12.6 Å². The van der Waals surface area contributed by atoms with Crippen molar-refractivity contribution in [1.29, 1.82) is 0 Å². The fraction of sp³-hybridized carbons (Fsp3) is 1.00. The van der Waals surface area contributed by atoms with Crippen LogP contribution in [0.25, 0.3) is 0 Å². The van der Waals surface area contributed by atoms with Crippen LogP contribution in [0, 0.1) is 0 Å². The van der Waals surface area contributed by atoms with E-state index >= 15 is 0 Å². The molecule has 1 aliphatic carbocycles. The Kier molecular flexibility index (Phi) is 9.22. The van der Waals surface area contributed by atoms with E-state index in [9.17, 15) is 5.11 Å². The van der Waals surface area contributed by atoms with Crippen molar-refractivity contribution in [1.82, 2.24) is 0 Å². The van der Waals surface area contributed by atoms with Crippen molar-refractivity contribution in [3.05, 3.63) is 0 Å². The summed E-state index contributed by atoms with van der Waals surface area (Å²) in [6.45, 7) is 0. The summed E-state index contributed by atoms with van der Waals surface area (Å²) in [6, 6.07) is 0. The maximum absolute atomic E-state index is 10.1. The molecular weight excluding hydrogens is 240 g/mol. The Morgan fingerprint density at radius 2 is 0.722 bits per heavy atom. The van der Waals surface area contributed by atoms with Crippen LogP contribution in [-0.4, -0.2) is 10.0 Å². The maximum Gasteiger partial charge on any atom is 0.107 e.